The number of aliphatic hydroxyl groups excluding tert-OH is 1. The minimum Gasteiger partial charge on any atom is -0.393 e. The van der Waals surface area contributed by atoms with E-state index in [2.05, 4.69) is 20.5 Å². The SMILES string of the molecule is NC(=O)c1cnc(Nc2ccc(N3CCC(O)CC3)cc2)cc1NCc1cc(F)ccc1F. The lowest BCUT2D eigenvalue weighted by atomic mass is 10.1. The monoisotopic (exact) mass is 453 g/mol. The molecule has 0 atom stereocenters. The van der Waals surface area contributed by atoms with Gasteiger partial charge in [-0.15, -0.1) is 0 Å². The van der Waals surface area contributed by atoms with Crippen molar-refractivity contribution < 1.29 is 18.7 Å². The van der Waals surface area contributed by atoms with Gasteiger partial charge in [0.2, 0.25) is 0 Å². The Morgan fingerprint density at radius 3 is 2.55 bits per heavy atom. The van der Waals surface area contributed by atoms with Gasteiger partial charge in [-0.3, -0.25) is 4.79 Å². The first kappa shape index (κ1) is 22.5. The number of nitrogens with two attached hydrogens (primary N) is 1. The van der Waals surface area contributed by atoms with Crippen molar-refractivity contribution in [2.45, 2.75) is 25.5 Å². The molecule has 1 aromatic heterocycles. The standard InChI is InChI=1S/C24H25F2N5O2/c25-16-1-6-21(26)15(11-16)13-28-22-12-23(29-14-20(22)24(27)33)30-17-2-4-18(5-3-17)31-9-7-19(32)8-10-31/h1-6,11-12,14,19,32H,7-10,13H2,(H2,27,33)(H2,28,29,30). The van der Waals surface area contributed by atoms with Gasteiger partial charge in [0.25, 0.3) is 5.91 Å². The summed E-state index contributed by atoms with van der Waals surface area (Å²) < 4.78 is 27.4. The van der Waals surface area contributed by atoms with Gasteiger partial charge in [0.05, 0.1) is 17.4 Å². The van der Waals surface area contributed by atoms with Gasteiger partial charge in [-0.2, -0.15) is 0 Å². The van der Waals surface area contributed by atoms with Crippen molar-refractivity contribution in [2.75, 3.05) is 28.6 Å². The zero-order chi connectivity index (χ0) is 23.4. The van der Waals surface area contributed by atoms with Gasteiger partial charge in [0.15, 0.2) is 0 Å². The van der Waals surface area contributed by atoms with Crippen molar-refractivity contribution in [3.63, 3.8) is 0 Å². The van der Waals surface area contributed by atoms with Crippen LogP contribution < -0.4 is 21.3 Å². The number of halogens is 2. The van der Waals surface area contributed by atoms with Crippen LogP contribution in [0.1, 0.15) is 28.8 Å². The van der Waals surface area contributed by atoms with E-state index in [-0.39, 0.29) is 23.8 Å². The molecular weight excluding hydrogens is 428 g/mol. The molecule has 5 N–H and O–H groups in total. The molecule has 3 aromatic rings. The van der Waals surface area contributed by atoms with Crippen LogP contribution >= 0.6 is 0 Å². The zero-order valence-electron chi connectivity index (χ0n) is 17.9. The summed E-state index contributed by atoms with van der Waals surface area (Å²) in [5, 5.41) is 15.8. The first-order valence-corrected chi connectivity index (χ1v) is 10.7. The van der Waals surface area contributed by atoms with Crippen LogP contribution in [0.4, 0.5) is 31.7 Å². The van der Waals surface area contributed by atoms with Crippen LogP contribution in [0.2, 0.25) is 0 Å². The van der Waals surface area contributed by atoms with Crippen LogP contribution in [-0.4, -0.2) is 35.2 Å². The molecule has 0 saturated carbocycles. The summed E-state index contributed by atoms with van der Waals surface area (Å²) in [6.07, 6.45) is 2.62. The third-order valence-corrected chi connectivity index (χ3v) is 5.62. The average molecular weight is 453 g/mol. The third-order valence-electron chi connectivity index (χ3n) is 5.62. The molecule has 2 heterocycles. The van der Waals surface area contributed by atoms with Crippen molar-refractivity contribution in [2.24, 2.45) is 5.73 Å². The summed E-state index contributed by atoms with van der Waals surface area (Å²) in [6, 6.07) is 12.6. The number of rotatable bonds is 7. The number of pyridine rings is 1. The molecule has 2 aromatic carbocycles. The zero-order valence-corrected chi connectivity index (χ0v) is 17.9. The summed E-state index contributed by atoms with van der Waals surface area (Å²) >= 11 is 0. The molecule has 0 bridgehead atoms. The van der Waals surface area contributed by atoms with Crippen LogP contribution in [0.25, 0.3) is 0 Å². The number of carbonyl (C=O) groups excluding carboxylic acids is 1. The number of hydrogen-bond acceptors (Lipinski definition) is 6. The van der Waals surface area contributed by atoms with Crippen LogP contribution in [0.3, 0.4) is 0 Å². The van der Waals surface area contributed by atoms with E-state index in [1.165, 1.54) is 6.20 Å². The maximum atomic E-state index is 13.9. The molecule has 7 nitrogen and oxygen atoms in total. The Kier molecular flexibility index (Phi) is 6.69. The van der Waals surface area contributed by atoms with E-state index in [1.807, 2.05) is 24.3 Å². The summed E-state index contributed by atoms with van der Waals surface area (Å²) in [6.45, 7) is 1.59. The van der Waals surface area contributed by atoms with E-state index in [4.69, 9.17) is 5.73 Å². The first-order valence-electron chi connectivity index (χ1n) is 10.7. The Labute approximate surface area is 190 Å². The fourth-order valence-electron chi connectivity index (χ4n) is 3.76. The minimum absolute atomic E-state index is 0.0352. The number of piperidine rings is 1. The number of hydrogen-bond donors (Lipinski definition) is 4. The summed E-state index contributed by atoms with van der Waals surface area (Å²) in [7, 11) is 0. The van der Waals surface area contributed by atoms with E-state index < -0.39 is 17.5 Å². The molecule has 172 valence electrons. The van der Waals surface area contributed by atoms with Gasteiger partial charge in [0, 0.05) is 48.8 Å². The Balaban J connectivity index is 1.48. The van der Waals surface area contributed by atoms with Crippen molar-refractivity contribution in [1.29, 1.82) is 0 Å². The quantitative estimate of drug-likeness (QED) is 0.434. The highest BCUT2D eigenvalue weighted by molar-refractivity contribution is 5.98. The van der Waals surface area contributed by atoms with Crippen molar-refractivity contribution in [1.82, 2.24) is 4.98 Å². The molecule has 0 spiro atoms. The average Bonchev–Trinajstić information content (AvgIpc) is 2.81. The molecule has 1 fully saturated rings. The predicted octanol–water partition coefficient (Wildman–Crippen LogP) is 3.78. The highest BCUT2D eigenvalue weighted by atomic mass is 19.1. The molecule has 0 unspecified atom stereocenters. The van der Waals surface area contributed by atoms with Gasteiger partial charge < -0.3 is 26.4 Å². The number of amides is 1. The lowest BCUT2D eigenvalue weighted by Crippen LogP contribution is -2.35. The molecule has 1 aliphatic heterocycles. The molecule has 1 aliphatic rings. The number of carbonyl (C=O) groups is 1. The summed E-state index contributed by atoms with van der Waals surface area (Å²) in [4.78, 5) is 18.3. The highest BCUT2D eigenvalue weighted by Crippen LogP contribution is 2.26. The van der Waals surface area contributed by atoms with Gasteiger partial charge in [-0.25, -0.2) is 13.8 Å². The number of benzene rings is 2. The third kappa shape index (κ3) is 5.56. The number of anilines is 4. The van der Waals surface area contributed by atoms with Gasteiger partial charge >= 0.3 is 0 Å². The largest absolute Gasteiger partial charge is 0.393 e. The number of aliphatic hydroxyl groups is 1. The van der Waals surface area contributed by atoms with E-state index in [0.717, 1.165) is 55.5 Å². The number of aromatic nitrogens is 1. The molecule has 33 heavy (non-hydrogen) atoms. The minimum atomic E-state index is -0.688. The van der Waals surface area contributed by atoms with E-state index in [0.29, 0.717) is 11.5 Å². The normalized spacial score (nSPS) is 14.2. The number of primary amides is 1. The van der Waals surface area contributed by atoms with Crippen molar-refractivity contribution in [3.05, 3.63) is 77.5 Å². The maximum absolute atomic E-state index is 13.9. The van der Waals surface area contributed by atoms with Crippen LogP contribution in [0.5, 0.6) is 0 Å². The molecule has 1 amide bonds. The smallest absolute Gasteiger partial charge is 0.252 e. The Bertz CT molecular complexity index is 1130. The highest BCUT2D eigenvalue weighted by Gasteiger charge is 2.17. The molecule has 4 rings (SSSR count). The maximum Gasteiger partial charge on any atom is 0.252 e. The Morgan fingerprint density at radius 2 is 1.85 bits per heavy atom. The topological polar surface area (TPSA) is 104 Å². The molecule has 9 heteroatoms. The second kappa shape index (κ2) is 9.83. The number of nitrogens with zero attached hydrogens (tertiary/aromatic N) is 2. The molecule has 0 radical (unpaired) electrons. The Morgan fingerprint density at radius 1 is 1.12 bits per heavy atom. The predicted molar refractivity (Wildman–Crippen MR) is 124 cm³/mol. The van der Waals surface area contributed by atoms with Crippen LogP contribution in [0, 0.1) is 11.6 Å². The molecular formula is C24H25F2N5O2. The van der Waals surface area contributed by atoms with Gasteiger partial charge in [-0.1, -0.05) is 0 Å². The van der Waals surface area contributed by atoms with E-state index in [1.54, 1.807) is 6.07 Å². The van der Waals surface area contributed by atoms with Gasteiger partial charge in [0.1, 0.15) is 17.5 Å². The second-order valence-corrected chi connectivity index (χ2v) is 7.96. The summed E-state index contributed by atoms with van der Waals surface area (Å²) in [5.74, 6) is -1.34. The second-order valence-electron chi connectivity index (χ2n) is 7.96. The number of nitrogens with one attached hydrogen (secondary N) is 2. The van der Waals surface area contributed by atoms with Crippen molar-refractivity contribution >= 4 is 28.8 Å². The lowest BCUT2D eigenvalue weighted by molar-refractivity contribution is 0.100. The van der Waals surface area contributed by atoms with Gasteiger partial charge in [-0.05, 0) is 55.3 Å². The molecule has 0 aliphatic carbocycles. The fourth-order valence-corrected chi connectivity index (χ4v) is 3.76. The van der Waals surface area contributed by atoms with E-state index >= 15 is 0 Å². The van der Waals surface area contributed by atoms with Crippen LogP contribution in [-0.2, 0) is 6.54 Å². The van der Waals surface area contributed by atoms with Crippen LogP contribution in [0.15, 0.2) is 54.7 Å². The summed E-state index contributed by atoms with van der Waals surface area (Å²) in [5.41, 5.74) is 7.92. The van der Waals surface area contributed by atoms with Crippen molar-refractivity contribution in [3.8, 4) is 0 Å². The Hall–Kier alpha value is -3.72. The molecule has 1 saturated heterocycles. The van der Waals surface area contributed by atoms with E-state index in [9.17, 15) is 18.7 Å². The fraction of sp³-hybridized carbons (Fsp3) is 0.250. The lowest BCUT2D eigenvalue weighted by Gasteiger charge is -2.31. The first-order chi connectivity index (χ1) is 15.9.